The Balaban J connectivity index is 1.71. The van der Waals surface area contributed by atoms with Crippen molar-refractivity contribution >= 4 is 39.2 Å². The van der Waals surface area contributed by atoms with Crippen molar-refractivity contribution in [2.75, 3.05) is 5.32 Å². The van der Waals surface area contributed by atoms with Gasteiger partial charge in [-0.3, -0.25) is 19.7 Å². The van der Waals surface area contributed by atoms with E-state index in [1.165, 1.54) is 24.3 Å². The highest BCUT2D eigenvalue weighted by Gasteiger charge is 2.13. The van der Waals surface area contributed by atoms with Crippen molar-refractivity contribution in [1.82, 2.24) is 0 Å². The second-order valence-corrected chi connectivity index (χ2v) is 5.90. The number of carbonyl (C=O) groups is 1. The molecule has 0 aliphatic heterocycles. The predicted octanol–water partition coefficient (Wildman–Crippen LogP) is 4.11. The van der Waals surface area contributed by atoms with Crippen LogP contribution in [0.3, 0.4) is 0 Å². The molecule has 1 aromatic heterocycles. The summed E-state index contributed by atoms with van der Waals surface area (Å²) in [5.74, 6) is -0.499. The molecule has 132 valence electrons. The third-order valence-corrected chi connectivity index (χ3v) is 4.15. The van der Waals surface area contributed by atoms with Crippen LogP contribution in [0, 0.1) is 10.1 Å². The first kappa shape index (κ1) is 16.5. The third kappa shape index (κ3) is 3.02. The smallest absolute Gasteiger partial charge is 0.270 e. The number of anilines is 1. The maximum atomic E-state index is 12.5. The standard InChI is InChI=1S/C20H12N2O5/c23-19-15-6-1-2-7-17(15)27-18-11-13(8-9-16(18)19)21-20(24)12-4-3-5-14(10-12)22(25)26/h1-11H,(H,21,24). The zero-order valence-corrected chi connectivity index (χ0v) is 13.8. The molecule has 7 heteroatoms. The van der Waals surface area contributed by atoms with Crippen molar-refractivity contribution in [2.24, 2.45) is 0 Å². The van der Waals surface area contributed by atoms with Crippen LogP contribution in [0.5, 0.6) is 0 Å². The van der Waals surface area contributed by atoms with Crippen molar-refractivity contribution in [2.45, 2.75) is 0 Å². The van der Waals surface area contributed by atoms with E-state index >= 15 is 0 Å². The third-order valence-electron chi connectivity index (χ3n) is 4.15. The van der Waals surface area contributed by atoms with Crippen molar-refractivity contribution in [3.63, 3.8) is 0 Å². The van der Waals surface area contributed by atoms with Crippen LogP contribution < -0.4 is 10.7 Å². The van der Waals surface area contributed by atoms with Crippen LogP contribution in [0.1, 0.15) is 10.4 Å². The number of benzene rings is 3. The topological polar surface area (TPSA) is 102 Å². The Labute approximate surface area is 152 Å². The molecule has 0 bridgehead atoms. The number of nitro benzene ring substituents is 1. The van der Waals surface area contributed by atoms with E-state index in [-0.39, 0.29) is 16.7 Å². The summed E-state index contributed by atoms with van der Waals surface area (Å²) >= 11 is 0. The van der Waals surface area contributed by atoms with Crippen LogP contribution in [0.4, 0.5) is 11.4 Å². The number of nitrogens with zero attached hydrogens (tertiary/aromatic N) is 1. The van der Waals surface area contributed by atoms with E-state index in [1.54, 1.807) is 42.5 Å². The fraction of sp³-hybridized carbons (Fsp3) is 0. The van der Waals surface area contributed by atoms with Gasteiger partial charge in [-0.15, -0.1) is 0 Å². The lowest BCUT2D eigenvalue weighted by Crippen LogP contribution is -2.12. The van der Waals surface area contributed by atoms with Gasteiger partial charge in [0.15, 0.2) is 0 Å². The molecule has 1 amide bonds. The molecule has 1 heterocycles. The number of nitro groups is 1. The summed E-state index contributed by atoms with van der Waals surface area (Å²) in [6.45, 7) is 0. The quantitative estimate of drug-likeness (QED) is 0.336. The van der Waals surface area contributed by atoms with E-state index in [1.807, 2.05) is 0 Å². The van der Waals surface area contributed by atoms with Crippen LogP contribution in [-0.2, 0) is 0 Å². The zero-order chi connectivity index (χ0) is 19.0. The van der Waals surface area contributed by atoms with Crippen molar-refractivity contribution < 1.29 is 14.1 Å². The molecule has 0 fully saturated rings. The van der Waals surface area contributed by atoms with Crippen molar-refractivity contribution in [1.29, 1.82) is 0 Å². The van der Waals surface area contributed by atoms with Gasteiger partial charge >= 0.3 is 0 Å². The Morgan fingerprint density at radius 3 is 2.52 bits per heavy atom. The SMILES string of the molecule is O=C(Nc1ccc2c(=O)c3ccccc3oc2c1)c1cccc([N+](=O)[O-])c1. The normalized spacial score (nSPS) is 10.8. The second kappa shape index (κ2) is 6.38. The van der Waals surface area contributed by atoms with Gasteiger partial charge in [-0.25, -0.2) is 0 Å². The Morgan fingerprint density at radius 2 is 1.70 bits per heavy atom. The van der Waals surface area contributed by atoms with Gasteiger partial charge in [0.2, 0.25) is 5.43 Å². The minimum atomic E-state index is -0.563. The Kier molecular flexibility index (Phi) is 3.89. The van der Waals surface area contributed by atoms with E-state index in [0.717, 1.165) is 0 Å². The monoisotopic (exact) mass is 360 g/mol. The summed E-state index contributed by atoms with van der Waals surface area (Å²) in [5, 5.41) is 14.4. The maximum absolute atomic E-state index is 12.5. The number of rotatable bonds is 3. The number of fused-ring (bicyclic) bond motifs is 2. The molecule has 1 N–H and O–H groups in total. The second-order valence-electron chi connectivity index (χ2n) is 5.90. The number of para-hydroxylation sites is 1. The Bertz CT molecular complexity index is 1280. The number of hydrogen-bond acceptors (Lipinski definition) is 5. The summed E-state index contributed by atoms with van der Waals surface area (Å²) < 4.78 is 5.76. The van der Waals surface area contributed by atoms with Crippen molar-refractivity contribution in [3.05, 3.63) is 92.6 Å². The molecule has 0 saturated carbocycles. The number of carbonyl (C=O) groups excluding carboxylic acids is 1. The fourth-order valence-corrected chi connectivity index (χ4v) is 2.84. The predicted molar refractivity (Wildman–Crippen MR) is 101 cm³/mol. The first-order valence-corrected chi connectivity index (χ1v) is 8.04. The minimum absolute atomic E-state index is 0.150. The maximum Gasteiger partial charge on any atom is 0.270 e. The molecule has 4 aromatic rings. The van der Waals surface area contributed by atoms with Crippen LogP contribution >= 0.6 is 0 Å². The summed E-state index contributed by atoms with van der Waals surface area (Å²) in [5.41, 5.74) is 1.05. The summed E-state index contributed by atoms with van der Waals surface area (Å²) in [4.78, 5) is 35.2. The summed E-state index contributed by atoms with van der Waals surface area (Å²) in [6.07, 6.45) is 0. The number of amides is 1. The molecule has 0 aliphatic rings. The number of hydrogen-bond donors (Lipinski definition) is 1. The highest BCUT2D eigenvalue weighted by molar-refractivity contribution is 6.05. The molecular formula is C20H12N2O5. The molecule has 0 unspecified atom stereocenters. The first-order chi connectivity index (χ1) is 13.0. The molecule has 27 heavy (non-hydrogen) atoms. The average Bonchev–Trinajstić information content (AvgIpc) is 2.68. The molecule has 0 atom stereocenters. The van der Waals surface area contributed by atoms with Gasteiger partial charge in [-0.2, -0.15) is 0 Å². The largest absolute Gasteiger partial charge is 0.456 e. The van der Waals surface area contributed by atoms with Crippen LogP contribution in [0.25, 0.3) is 21.9 Å². The summed E-state index contributed by atoms with van der Waals surface area (Å²) in [7, 11) is 0. The van der Waals surface area contributed by atoms with Gasteiger partial charge in [0.05, 0.1) is 15.7 Å². The number of non-ortho nitro benzene ring substituents is 1. The average molecular weight is 360 g/mol. The van der Waals surface area contributed by atoms with Gasteiger partial charge in [0.1, 0.15) is 11.2 Å². The van der Waals surface area contributed by atoms with Crippen LogP contribution in [-0.4, -0.2) is 10.8 Å². The van der Waals surface area contributed by atoms with Crippen LogP contribution in [0.15, 0.2) is 75.9 Å². The highest BCUT2D eigenvalue weighted by Crippen LogP contribution is 2.22. The molecule has 0 saturated heterocycles. The molecule has 0 aliphatic carbocycles. The molecule has 0 radical (unpaired) electrons. The van der Waals surface area contributed by atoms with Gasteiger partial charge < -0.3 is 9.73 Å². The minimum Gasteiger partial charge on any atom is -0.456 e. The van der Waals surface area contributed by atoms with E-state index < -0.39 is 10.8 Å². The fourth-order valence-electron chi connectivity index (χ4n) is 2.84. The lowest BCUT2D eigenvalue weighted by Gasteiger charge is -2.07. The Morgan fingerprint density at radius 1 is 0.926 bits per heavy atom. The number of nitrogens with one attached hydrogen (secondary N) is 1. The van der Waals surface area contributed by atoms with Crippen LogP contribution in [0.2, 0.25) is 0 Å². The zero-order valence-electron chi connectivity index (χ0n) is 13.8. The molecule has 0 spiro atoms. The van der Waals surface area contributed by atoms with Gasteiger partial charge in [-0.05, 0) is 30.3 Å². The van der Waals surface area contributed by atoms with E-state index in [0.29, 0.717) is 27.6 Å². The van der Waals surface area contributed by atoms with E-state index in [2.05, 4.69) is 5.32 Å². The van der Waals surface area contributed by atoms with E-state index in [4.69, 9.17) is 4.42 Å². The molecule has 3 aromatic carbocycles. The lowest BCUT2D eigenvalue weighted by molar-refractivity contribution is -0.384. The van der Waals surface area contributed by atoms with Crippen molar-refractivity contribution in [3.8, 4) is 0 Å². The Hall–Kier alpha value is -4.00. The summed E-state index contributed by atoms with van der Waals surface area (Å²) in [6, 6.07) is 17.1. The molecule has 4 rings (SSSR count). The highest BCUT2D eigenvalue weighted by atomic mass is 16.6. The molecular weight excluding hydrogens is 348 g/mol. The molecule has 7 nitrogen and oxygen atoms in total. The first-order valence-electron chi connectivity index (χ1n) is 8.04. The lowest BCUT2D eigenvalue weighted by atomic mass is 10.1. The van der Waals surface area contributed by atoms with Gasteiger partial charge in [-0.1, -0.05) is 18.2 Å². The van der Waals surface area contributed by atoms with Gasteiger partial charge in [0, 0.05) is 29.4 Å². The van der Waals surface area contributed by atoms with E-state index in [9.17, 15) is 19.7 Å². The van der Waals surface area contributed by atoms with Gasteiger partial charge in [0.25, 0.3) is 11.6 Å².